The monoisotopic (exact) mass is 236 g/mol. The highest BCUT2D eigenvalue weighted by Crippen LogP contribution is 2.32. The Morgan fingerprint density at radius 3 is 2.76 bits per heavy atom. The van der Waals surface area contributed by atoms with Crippen LogP contribution >= 0.6 is 0 Å². The summed E-state index contributed by atoms with van der Waals surface area (Å²) in [4.78, 5) is 11.9. The summed E-state index contributed by atoms with van der Waals surface area (Å²) >= 11 is 0. The molecule has 4 heteroatoms. The van der Waals surface area contributed by atoms with Crippen LogP contribution in [0.5, 0.6) is 0 Å². The standard InChI is InChI=1S/C13H17FN2O/c1-8-4-10(6-11(14)5-8)13(17)16-12(7-15)9-2-3-9/h4-6,9,12H,2-3,7,15H2,1H3,(H,16,17). The number of amides is 1. The van der Waals surface area contributed by atoms with E-state index in [0.717, 1.165) is 18.4 Å². The summed E-state index contributed by atoms with van der Waals surface area (Å²) in [7, 11) is 0. The lowest BCUT2D eigenvalue weighted by atomic mass is 10.1. The second-order valence-electron chi connectivity index (χ2n) is 4.67. The molecule has 1 aromatic rings. The number of carbonyl (C=O) groups is 1. The summed E-state index contributed by atoms with van der Waals surface area (Å²) in [5.41, 5.74) is 6.72. The van der Waals surface area contributed by atoms with Crippen LogP contribution in [0.15, 0.2) is 18.2 Å². The zero-order valence-corrected chi connectivity index (χ0v) is 9.87. The lowest BCUT2D eigenvalue weighted by molar-refractivity contribution is 0.0933. The number of nitrogens with one attached hydrogen (secondary N) is 1. The smallest absolute Gasteiger partial charge is 0.251 e. The molecule has 1 amide bonds. The van der Waals surface area contributed by atoms with Crippen LogP contribution in [-0.4, -0.2) is 18.5 Å². The molecule has 3 nitrogen and oxygen atoms in total. The van der Waals surface area contributed by atoms with Crippen LogP contribution in [0.25, 0.3) is 0 Å². The number of benzene rings is 1. The summed E-state index contributed by atoms with van der Waals surface area (Å²) in [6.45, 7) is 2.20. The predicted molar refractivity (Wildman–Crippen MR) is 64.2 cm³/mol. The zero-order chi connectivity index (χ0) is 12.4. The molecule has 0 aliphatic heterocycles. The van der Waals surface area contributed by atoms with E-state index in [1.54, 1.807) is 13.0 Å². The van der Waals surface area contributed by atoms with Crippen molar-refractivity contribution in [2.75, 3.05) is 6.54 Å². The molecule has 1 aliphatic rings. The highest BCUT2D eigenvalue weighted by Gasteiger charge is 2.31. The van der Waals surface area contributed by atoms with E-state index in [9.17, 15) is 9.18 Å². The summed E-state index contributed by atoms with van der Waals surface area (Å²) in [5, 5.41) is 2.87. The first-order chi connectivity index (χ1) is 8.10. The number of halogens is 1. The van der Waals surface area contributed by atoms with E-state index in [2.05, 4.69) is 5.32 Å². The first-order valence-corrected chi connectivity index (χ1v) is 5.88. The maximum absolute atomic E-state index is 13.2. The molecule has 0 radical (unpaired) electrons. The van der Waals surface area contributed by atoms with Crippen molar-refractivity contribution in [2.24, 2.45) is 11.7 Å². The van der Waals surface area contributed by atoms with Crippen molar-refractivity contribution in [3.8, 4) is 0 Å². The van der Waals surface area contributed by atoms with Crippen LogP contribution in [0.1, 0.15) is 28.8 Å². The van der Waals surface area contributed by atoms with Crippen LogP contribution in [0.3, 0.4) is 0 Å². The summed E-state index contributed by atoms with van der Waals surface area (Å²) < 4.78 is 13.2. The van der Waals surface area contributed by atoms with Crippen molar-refractivity contribution in [1.29, 1.82) is 0 Å². The van der Waals surface area contributed by atoms with Gasteiger partial charge in [-0.15, -0.1) is 0 Å². The van der Waals surface area contributed by atoms with E-state index in [1.165, 1.54) is 12.1 Å². The minimum Gasteiger partial charge on any atom is -0.348 e. The molecule has 1 aromatic carbocycles. The Bertz CT molecular complexity index is 409. The molecular formula is C13H17FN2O. The first kappa shape index (κ1) is 12.0. The molecule has 0 bridgehead atoms. The first-order valence-electron chi connectivity index (χ1n) is 5.88. The van der Waals surface area contributed by atoms with Gasteiger partial charge in [0, 0.05) is 18.2 Å². The van der Waals surface area contributed by atoms with Crippen molar-refractivity contribution >= 4 is 5.91 Å². The number of hydrogen-bond acceptors (Lipinski definition) is 2. The molecule has 0 spiro atoms. The highest BCUT2D eigenvalue weighted by molar-refractivity contribution is 5.94. The number of hydrogen-bond donors (Lipinski definition) is 2. The van der Waals surface area contributed by atoms with E-state index in [0.29, 0.717) is 18.0 Å². The molecule has 3 N–H and O–H groups in total. The van der Waals surface area contributed by atoms with Gasteiger partial charge in [0.2, 0.25) is 0 Å². The van der Waals surface area contributed by atoms with Crippen molar-refractivity contribution < 1.29 is 9.18 Å². The van der Waals surface area contributed by atoms with Crippen LogP contribution in [0.4, 0.5) is 4.39 Å². The maximum Gasteiger partial charge on any atom is 0.251 e. The molecule has 2 rings (SSSR count). The van der Waals surface area contributed by atoms with E-state index < -0.39 is 0 Å². The normalized spacial score (nSPS) is 16.6. The fourth-order valence-electron chi connectivity index (χ4n) is 1.99. The second kappa shape index (κ2) is 4.84. The van der Waals surface area contributed by atoms with Gasteiger partial charge in [0.05, 0.1) is 0 Å². The Morgan fingerprint density at radius 2 is 2.24 bits per heavy atom. The Balaban J connectivity index is 2.07. The molecule has 1 atom stereocenters. The maximum atomic E-state index is 13.2. The van der Waals surface area contributed by atoms with Crippen LogP contribution in [-0.2, 0) is 0 Å². The quantitative estimate of drug-likeness (QED) is 0.834. The predicted octanol–water partition coefficient (Wildman–Crippen LogP) is 1.60. The Morgan fingerprint density at radius 1 is 1.53 bits per heavy atom. The van der Waals surface area contributed by atoms with Gasteiger partial charge in [0.25, 0.3) is 5.91 Å². The Kier molecular flexibility index (Phi) is 3.43. The average Bonchev–Trinajstić information content (AvgIpc) is 3.08. The highest BCUT2D eigenvalue weighted by atomic mass is 19.1. The van der Waals surface area contributed by atoms with Gasteiger partial charge in [0.15, 0.2) is 0 Å². The van der Waals surface area contributed by atoms with Crippen molar-refractivity contribution in [2.45, 2.75) is 25.8 Å². The van der Waals surface area contributed by atoms with Gasteiger partial charge in [-0.3, -0.25) is 4.79 Å². The molecule has 17 heavy (non-hydrogen) atoms. The van der Waals surface area contributed by atoms with E-state index >= 15 is 0 Å². The molecule has 1 aliphatic carbocycles. The van der Waals surface area contributed by atoms with E-state index in [-0.39, 0.29) is 17.8 Å². The lowest BCUT2D eigenvalue weighted by Gasteiger charge is -2.16. The molecule has 1 unspecified atom stereocenters. The number of rotatable bonds is 4. The molecule has 0 saturated heterocycles. The van der Waals surface area contributed by atoms with Gasteiger partial charge in [-0.25, -0.2) is 4.39 Å². The van der Waals surface area contributed by atoms with Crippen LogP contribution in [0.2, 0.25) is 0 Å². The Hall–Kier alpha value is -1.42. The van der Waals surface area contributed by atoms with E-state index in [4.69, 9.17) is 5.73 Å². The van der Waals surface area contributed by atoms with Gasteiger partial charge in [-0.2, -0.15) is 0 Å². The molecule has 0 aromatic heterocycles. The third-order valence-electron chi connectivity index (χ3n) is 3.07. The fourth-order valence-corrected chi connectivity index (χ4v) is 1.99. The van der Waals surface area contributed by atoms with Crippen molar-refractivity contribution in [3.63, 3.8) is 0 Å². The number of nitrogens with two attached hydrogens (primary N) is 1. The summed E-state index contributed by atoms with van der Waals surface area (Å²) in [6.07, 6.45) is 2.23. The summed E-state index contributed by atoms with van der Waals surface area (Å²) in [5.74, 6) is -0.126. The lowest BCUT2D eigenvalue weighted by Crippen LogP contribution is -2.41. The van der Waals surface area contributed by atoms with Crippen molar-refractivity contribution in [3.05, 3.63) is 35.1 Å². The minimum atomic E-state index is -0.383. The van der Waals surface area contributed by atoms with Gasteiger partial charge >= 0.3 is 0 Å². The number of aryl methyl sites for hydroxylation is 1. The third kappa shape index (κ3) is 3.03. The topological polar surface area (TPSA) is 55.1 Å². The molecule has 0 heterocycles. The molecule has 1 fully saturated rings. The summed E-state index contributed by atoms with van der Waals surface area (Å²) in [6, 6.07) is 4.35. The van der Waals surface area contributed by atoms with Crippen molar-refractivity contribution in [1.82, 2.24) is 5.32 Å². The molecular weight excluding hydrogens is 219 g/mol. The average molecular weight is 236 g/mol. The third-order valence-corrected chi connectivity index (χ3v) is 3.07. The SMILES string of the molecule is Cc1cc(F)cc(C(=O)NC(CN)C2CC2)c1. The minimum absolute atomic E-state index is 0.0195. The van der Waals surface area contributed by atoms with Gasteiger partial charge in [-0.1, -0.05) is 0 Å². The number of carbonyl (C=O) groups excluding carboxylic acids is 1. The second-order valence-corrected chi connectivity index (χ2v) is 4.67. The van der Waals surface area contributed by atoms with Gasteiger partial charge in [-0.05, 0) is 49.4 Å². The van der Waals surface area contributed by atoms with Crippen LogP contribution in [0, 0.1) is 18.7 Å². The van der Waals surface area contributed by atoms with Crippen LogP contribution < -0.4 is 11.1 Å². The fraction of sp³-hybridized carbons (Fsp3) is 0.462. The molecule has 1 saturated carbocycles. The zero-order valence-electron chi connectivity index (χ0n) is 9.87. The largest absolute Gasteiger partial charge is 0.348 e. The molecule has 92 valence electrons. The Labute approximate surface area is 100 Å². The van der Waals surface area contributed by atoms with Gasteiger partial charge < -0.3 is 11.1 Å². The van der Waals surface area contributed by atoms with Gasteiger partial charge in [0.1, 0.15) is 5.82 Å². The van der Waals surface area contributed by atoms with E-state index in [1.807, 2.05) is 0 Å².